The van der Waals surface area contributed by atoms with Gasteiger partial charge >= 0.3 is 0 Å². The van der Waals surface area contributed by atoms with Crippen LogP contribution in [0.25, 0.3) is 0 Å². The summed E-state index contributed by atoms with van der Waals surface area (Å²) in [5.41, 5.74) is 2.30. The largest absolute Gasteiger partial charge is 0.396 e. The molecule has 0 spiro atoms. The van der Waals surface area contributed by atoms with Crippen molar-refractivity contribution >= 4 is 27.5 Å². The topological polar surface area (TPSA) is 20.2 Å². The first kappa shape index (κ1) is 14.6. The molecule has 1 unspecified atom stereocenters. The standard InChI is InChI=1S/C16H16BrClO/c17-14-9-6-12(7-10-14)5-8-13(11-19)15-3-1-2-4-16(15)18/h1-4,6-7,9-10,13,19H,5,8,11H2. The molecule has 1 N–H and O–H groups in total. The van der Waals surface area contributed by atoms with Crippen molar-refractivity contribution in [2.24, 2.45) is 0 Å². The van der Waals surface area contributed by atoms with Gasteiger partial charge in [0.1, 0.15) is 0 Å². The Labute approximate surface area is 127 Å². The lowest BCUT2D eigenvalue weighted by atomic mass is 9.93. The lowest BCUT2D eigenvalue weighted by molar-refractivity contribution is 0.259. The summed E-state index contributed by atoms with van der Waals surface area (Å²) in [5, 5.41) is 10.3. The second kappa shape index (κ2) is 7.09. The van der Waals surface area contributed by atoms with Crippen LogP contribution in [0.15, 0.2) is 53.0 Å². The maximum Gasteiger partial charge on any atom is 0.0500 e. The van der Waals surface area contributed by atoms with E-state index in [1.165, 1.54) is 5.56 Å². The van der Waals surface area contributed by atoms with Gasteiger partial charge in [-0.2, -0.15) is 0 Å². The second-order valence-corrected chi connectivity index (χ2v) is 5.89. The van der Waals surface area contributed by atoms with Gasteiger partial charge in [0.15, 0.2) is 0 Å². The minimum absolute atomic E-state index is 0.0948. The molecule has 0 fully saturated rings. The summed E-state index contributed by atoms with van der Waals surface area (Å²) in [6.07, 6.45) is 1.82. The van der Waals surface area contributed by atoms with Gasteiger partial charge in [-0.05, 0) is 42.2 Å². The van der Waals surface area contributed by atoms with Crippen molar-refractivity contribution in [1.29, 1.82) is 0 Å². The number of aliphatic hydroxyl groups is 1. The number of halogens is 2. The third-order valence-electron chi connectivity index (χ3n) is 3.26. The van der Waals surface area contributed by atoms with Crippen LogP contribution in [0.2, 0.25) is 5.02 Å². The van der Waals surface area contributed by atoms with E-state index in [9.17, 15) is 5.11 Å². The molecule has 3 heteroatoms. The van der Waals surface area contributed by atoms with E-state index in [-0.39, 0.29) is 12.5 Å². The highest BCUT2D eigenvalue weighted by atomic mass is 79.9. The maximum atomic E-state index is 9.56. The van der Waals surface area contributed by atoms with Crippen LogP contribution in [-0.2, 0) is 6.42 Å². The lowest BCUT2D eigenvalue weighted by Crippen LogP contribution is -2.06. The van der Waals surface area contributed by atoms with Crippen molar-refractivity contribution in [2.75, 3.05) is 6.61 Å². The van der Waals surface area contributed by atoms with Crippen molar-refractivity contribution in [3.8, 4) is 0 Å². The highest BCUT2D eigenvalue weighted by molar-refractivity contribution is 9.10. The summed E-state index contributed by atoms with van der Waals surface area (Å²) >= 11 is 9.61. The van der Waals surface area contributed by atoms with Gasteiger partial charge in [-0.3, -0.25) is 0 Å². The minimum atomic E-state index is 0.0948. The monoisotopic (exact) mass is 338 g/mol. The quantitative estimate of drug-likeness (QED) is 0.828. The fourth-order valence-electron chi connectivity index (χ4n) is 2.14. The predicted molar refractivity (Wildman–Crippen MR) is 83.7 cm³/mol. The zero-order valence-electron chi connectivity index (χ0n) is 10.5. The number of benzene rings is 2. The minimum Gasteiger partial charge on any atom is -0.396 e. The van der Waals surface area contributed by atoms with Crippen molar-refractivity contribution in [3.05, 3.63) is 69.2 Å². The Balaban J connectivity index is 2.04. The molecule has 1 atom stereocenters. The Morgan fingerprint density at radius 2 is 1.74 bits per heavy atom. The molecule has 1 nitrogen and oxygen atoms in total. The molecule has 0 heterocycles. The van der Waals surface area contributed by atoms with Gasteiger partial charge in [-0.15, -0.1) is 0 Å². The molecule has 2 aromatic rings. The number of hydrogen-bond donors (Lipinski definition) is 1. The van der Waals surface area contributed by atoms with Crippen LogP contribution in [-0.4, -0.2) is 11.7 Å². The first-order valence-corrected chi connectivity index (χ1v) is 7.47. The van der Waals surface area contributed by atoms with Gasteiger partial charge in [0, 0.05) is 22.0 Å². The van der Waals surface area contributed by atoms with E-state index in [1.807, 2.05) is 36.4 Å². The van der Waals surface area contributed by atoms with Crippen LogP contribution in [0.5, 0.6) is 0 Å². The van der Waals surface area contributed by atoms with E-state index >= 15 is 0 Å². The molecular weight excluding hydrogens is 324 g/mol. The number of aryl methyl sites for hydroxylation is 1. The van der Waals surface area contributed by atoms with E-state index in [4.69, 9.17) is 11.6 Å². The van der Waals surface area contributed by atoms with E-state index in [0.29, 0.717) is 0 Å². The number of aliphatic hydroxyl groups excluding tert-OH is 1. The zero-order chi connectivity index (χ0) is 13.7. The third-order valence-corrected chi connectivity index (χ3v) is 4.13. The van der Waals surface area contributed by atoms with Gasteiger partial charge in [0.05, 0.1) is 0 Å². The van der Waals surface area contributed by atoms with E-state index in [2.05, 4.69) is 28.1 Å². The van der Waals surface area contributed by atoms with Crippen LogP contribution in [0.3, 0.4) is 0 Å². The van der Waals surface area contributed by atoms with Crippen LogP contribution in [0.1, 0.15) is 23.5 Å². The molecule has 0 saturated carbocycles. The maximum absolute atomic E-state index is 9.56. The molecule has 0 amide bonds. The first-order valence-electron chi connectivity index (χ1n) is 6.30. The molecule has 0 saturated heterocycles. The molecular formula is C16H16BrClO. The van der Waals surface area contributed by atoms with Crippen molar-refractivity contribution in [1.82, 2.24) is 0 Å². The van der Waals surface area contributed by atoms with Gasteiger partial charge in [-0.1, -0.05) is 57.9 Å². The fourth-order valence-corrected chi connectivity index (χ4v) is 2.70. The first-order chi connectivity index (χ1) is 9.20. The Bertz CT molecular complexity index is 525. The van der Waals surface area contributed by atoms with Crippen molar-refractivity contribution in [3.63, 3.8) is 0 Å². The molecule has 0 aliphatic heterocycles. The van der Waals surface area contributed by atoms with Crippen LogP contribution in [0, 0.1) is 0 Å². The normalized spacial score (nSPS) is 12.4. The lowest BCUT2D eigenvalue weighted by Gasteiger charge is -2.16. The second-order valence-electron chi connectivity index (χ2n) is 4.57. The van der Waals surface area contributed by atoms with Crippen molar-refractivity contribution < 1.29 is 5.11 Å². The highest BCUT2D eigenvalue weighted by Gasteiger charge is 2.13. The summed E-state index contributed by atoms with van der Waals surface area (Å²) in [5.74, 6) is 0.0948. The van der Waals surface area contributed by atoms with E-state index in [1.54, 1.807) is 0 Å². The number of rotatable bonds is 5. The number of hydrogen-bond acceptors (Lipinski definition) is 1. The Hall–Kier alpha value is -0.830. The van der Waals surface area contributed by atoms with Gasteiger partial charge in [0.25, 0.3) is 0 Å². The SMILES string of the molecule is OCC(CCc1ccc(Br)cc1)c1ccccc1Cl. The molecule has 0 aliphatic carbocycles. The Morgan fingerprint density at radius 1 is 1.05 bits per heavy atom. The summed E-state index contributed by atoms with van der Waals surface area (Å²) in [6, 6.07) is 16.0. The van der Waals surface area contributed by atoms with Crippen LogP contribution >= 0.6 is 27.5 Å². The summed E-state index contributed by atoms with van der Waals surface area (Å²) in [4.78, 5) is 0. The average Bonchev–Trinajstić information content (AvgIpc) is 2.43. The molecule has 2 rings (SSSR count). The molecule has 100 valence electrons. The van der Waals surface area contributed by atoms with E-state index in [0.717, 1.165) is 27.9 Å². The predicted octanol–water partition coefficient (Wildman–Crippen LogP) is 4.81. The average molecular weight is 340 g/mol. The molecule has 0 aromatic heterocycles. The Kier molecular flexibility index (Phi) is 5.44. The molecule has 0 bridgehead atoms. The molecule has 2 aromatic carbocycles. The summed E-state index contributed by atoms with van der Waals surface area (Å²) in [7, 11) is 0. The van der Waals surface area contributed by atoms with Crippen LogP contribution < -0.4 is 0 Å². The third kappa shape index (κ3) is 4.07. The fraction of sp³-hybridized carbons (Fsp3) is 0.250. The Morgan fingerprint density at radius 3 is 2.37 bits per heavy atom. The zero-order valence-corrected chi connectivity index (χ0v) is 12.9. The summed E-state index contributed by atoms with van der Waals surface area (Å²) < 4.78 is 1.08. The smallest absolute Gasteiger partial charge is 0.0500 e. The van der Waals surface area contributed by atoms with Crippen LogP contribution in [0.4, 0.5) is 0 Å². The molecule has 0 radical (unpaired) electrons. The van der Waals surface area contributed by atoms with Gasteiger partial charge in [-0.25, -0.2) is 0 Å². The van der Waals surface area contributed by atoms with Gasteiger partial charge in [0.2, 0.25) is 0 Å². The summed E-state index contributed by atoms with van der Waals surface area (Å²) in [6.45, 7) is 0.125. The molecule has 0 aliphatic rings. The highest BCUT2D eigenvalue weighted by Crippen LogP contribution is 2.28. The molecule has 19 heavy (non-hydrogen) atoms. The van der Waals surface area contributed by atoms with Crippen molar-refractivity contribution in [2.45, 2.75) is 18.8 Å². The van der Waals surface area contributed by atoms with E-state index < -0.39 is 0 Å². The van der Waals surface area contributed by atoms with Gasteiger partial charge < -0.3 is 5.11 Å².